The third kappa shape index (κ3) is 2.96. The summed E-state index contributed by atoms with van der Waals surface area (Å²) in [6.07, 6.45) is 5.16. The summed E-state index contributed by atoms with van der Waals surface area (Å²) in [5, 5.41) is 11.8. The van der Waals surface area contributed by atoms with Crippen molar-refractivity contribution in [2.75, 3.05) is 11.9 Å². The Hall–Kier alpha value is -1.56. The highest BCUT2D eigenvalue weighted by Gasteiger charge is 2.19. The topological polar surface area (TPSA) is 35.8 Å². The summed E-state index contributed by atoms with van der Waals surface area (Å²) < 4.78 is 13.2. The third-order valence-electron chi connectivity index (χ3n) is 2.90. The van der Waals surface area contributed by atoms with Gasteiger partial charge in [-0.05, 0) is 37.0 Å². The first kappa shape index (κ1) is 10.9. The van der Waals surface area contributed by atoms with Crippen LogP contribution >= 0.6 is 0 Å². The van der Waals surface area contributed by atoms with E-state index < -0.39 is 5.82 Å². The molecule has 0 unspecified atom stereocenters. The number of rotatable bonds is 5. The van der Waals surface area contributed by atoms with E-state index in [0.29, 0.717) is 0 Å². The van der Waals surface area contributed by atoms with Crippen LogP contribution in [-0.4, -0.2) is 6.54 Å². The smallest absolute Gasteiger partial charge is 0.143 e. The molecule has 1 aliphatic carbocycles. The molecule has 0 spiro atoms. The lowest BCUT2D eigenvalue weighted by Gasteiger charge is -2.06. The Morgan fingerprint density at radius 2 is 2.25 bits per heavy atom. The number of benzene rings is 1. The number of halogens is 1. The minimum absolute atomic E-state index is 0.100. The molecule has 0 amide bonds. The number of nitrogens with zero attached hydrogens (tertiary/aromatic N) is 1. The summed E-state index contributed by atoms with van der Waals surface area (Å²) in [5.41, 5.74) is 0.857. The fourth-order valence-corrected chi connectivity index (χ4v) is 1.75. The number of nitriles is 1. The van der Waals surface area contributed by atoms with Crippen molar-refractivity contribution < 1.29 is 4.39 Å². The van der Waals surface area contributed by atoms with E-state index in [-0.39, 0.29) is 5.56 Å². The van der Waals surface area contributed by atoms with E-state index in [0.717, 1.165) is 24.6 Å². The van der Waals surface area contributed by atoms with Crippen LogP contribution in [0.15, 0.2) is 18.2 Å². The van der Waals surface area contributed by atoms with Crippen molar-refractivity contribution in [1.29, 1.82) is 5.26 Å². The SMILES string of the molecule is N#Cc1ccc(NCCCC2CC2)cc1F. The van der Waals surface area contributed by atoms with Crippen LogP contribution in [0.2, 0.25) is 0 Å². The molecule has 1 N–H and O–H groups in total. The van der Waals surface area contributed by atoms with Gasteiger partial charge < -0.3 is 5.32 Å². The molecule has 16 heavy (non-hydrogen) atoms. The van der Waals surface area contributed by atoms with Crippen molar-refractivity contribution in [2.24, 2.45) is 5.92 Å². The molecule has 1 aliphatic rings. The molecule has 0 saturated heterocycles. The Balaban J connectivity index is 1.79. The Labute approximate surface area is 95.1 Å². The predicted octanol–water partition coefficient (Wildman–Crippen LogP) is 3.30. The van der Waals surface area contributed by atoms with Gasteiger partial charge in [-0.25, -0.2) is 4.39 Å². The van der Waals surface area contributed by atoms with E-state index in [1.807, 2.05) is 6.07 Å². The normalized spacial score (nSPS) is 14.5. The highest BCUT2D eigenvalue weighted by Crippen LogP contribution is 2.33. The minimum atomic E-state index is -0.449. The zero-order chi connectivity index (χ0) is 11.4. The highest BCUT2D eigenvalue weighted by atomic mass is 19.1. The standard InChI is InChI=1S/C13H15FN2/c14-13-8-12(6-5-11(13)9-15)16-7-1-2-10-3-4-10/h5-6,8,10,16H,1-4,7H2. The first-order chi connectivity index (χ1) is 7.79. The van der Waals surface area contributed by atoms with Gasteiger partial charge in [0.1, 0.15) is 11.9 Å². The van der Waals surface area contributed by atoms with E-state index in [2.05, 4.69) is 5.32 Å². The van der Waals surface area contributed by atoms with Crippen LogP contribution in [0, 0.1) is 23.1 Å². The Kier molecular flexibility index (Phi) is 3.40. The van der Waals surface area contributed by atoms with Crippen LogP contribution in [0.1, 0.15) is 31.2 Å². The molecule has 0 aromatic heterocycles. The van der Waals surface area contributed by atoms with Crippen molar-refractivity contribution in [3.05, 3.63) is 29.6 Å². The molecule has 0 atom stereocenters. The van der Waals surface area contributed by atoms with Gasteiger partial charge in [0, 0.05) is 12.2 Å². The molecule has 0 heterocycles. The summed E-state index contributed by atoms with van der Waals surface area (Å²) in [4.78, 5) is 0. The molecule has 84 valence electrons. The second kappa shape index (κ2) is 4.98. The quantitative estimate of drug-likeness (QED) is 0.770. The van der Waals surface area contributed by atoms with Gasteiger partial charge in [0.05, 0.1) is 5.56 Å². The molecule has 0 bridgehead atoms. The molecule has 2 rings (SSSR count). The molecule has 1 saturated carbocycles. The second-order valence-corrected chi connectivity index (χ2v) is 4.32. The fourth-order valence-electron chi connectivity index (χ4n) is 1.75. The molecule has 2 nitrogen and oxygen atoms in total. The summed E-state index contributed by atoms with van der Waals surface area (Å²) in [6, 6.07) is 6.46. The summed E-state index contributed by atoms with van der Waals surface area (Å²) in [6.45, 7) is 0.877. The number of hydrogen-bond donors (Lipinski definition) is 1. The van der Waals surface area contributed by atoms with Crippen molar-refractivity contribution in [1.82, 2.24) is 0 Å². The first-order valence-corrected chi connectivity index (χ1v) is 5.73. The minimum Gasteiger partial charge on any atom is -0.385 e. The van der Waals surface area contributed by atoms with Crippen LogP contribution in [-0.2, 0) is 0 Å². The lowest BCUT2D eigenvalue weighted by atomic mass is 10.2. The monoisotopic (exact) mass is 218 g/mol. The molecule has 1 fully saturated rings. The number of nitrogens with one attached hydrogen (secondary N) is 1. The van der Waals surface area contributed by atoms with Crippen molar-refractivity contribution in [2.45, 2.75) is 25.7 Å². The van der Waals surface area contributed by atoms with Crippen molar-refractivity contribution in [3.63, 3.8) is 0 Å². The van der Waals surface area contributed by atoms with Gasteiger partial charge in [-0.15, -0.1) is 0 Å². The van der Waals surface area contributed by atoms with Crippen LogP contribution < -0.4 is 5.32 Å². The first-order valence-electron chi connectivity index (χ1n) is 5.73. The lowest BCUT2D eigenvalue weighted by Crippen LogP contribution is -2.02. The van der Waals surface area contributed by atoms with E-state index in [4.69, 9.17) is 5.26 Å². The van der Waals surface area contributed by atoms with Crippen molar-refractivity contribution in [3.8, 4) is 6.07 Å². The zero-order valence-electron chi connectivity index (χ0n) is 9.17. The fraction of sp³-hybridized carbons (Fsp3) is 0.462. The van der Waals surface area contributed by atoms with E-state index in [9.17, 15) is 4.39 Å². The Bertz CT molecular complexity index is 405. The summed E-state index contributed by atoms with van der Waals surface area (Å²) in [7, 11) is 0. The lowest BCUT2D eigenvalue weighted by molar-refractivity contribution is 0.624. The molecule has 1 aromatic carbocycles. The van der Waals surface area contributed by atoms with Gasteiger partial charge in [0.25, 0.3) is 0 Å². The Morgan fingerprint density at radius 3 is 2.88 bits per heavy atom. The van der Waals surface area contributed by atoms with Gasteiger partial charge in [-0.3, -0.25) is 0 Å². The molecular formula is C13H15FN2. The summed E-state index contributed by atoms with van der Waals surface area (Å²) in [5.74, 6) is 0.495. The van der Waals surface area contributed by atoms with Crippen LogP contribution in [0.3, 0.4) is 0 Å². The molecule has 0 aliphatic heterocycles. The van der Waals surface area contributed by atoms with Gasteiger partial charge in [-0.2, -0.15) is 5.26 Å². The van der Waals surface area contributed by atoms with Gasteiger partial charge in [-0.1, -0.05) is 12.8 Å². The number of hydrogen-bond acceptors (Lipinski definition) is 2. The summed E-state index contributed by atoms with van der Waals surface area (Å²) >= 11 is 0. The Morgan fingerprint density at radius 1 is 1.44 bits per heavy atom. The maximum atomic E-state index is 13.2. The predicted molar refractivity (Wildman–Crippen MR) is 61.6 cm³/mol. The number of anilines is 1. The second-order valence-electron chi connectivity index (χ2n) is 4.32. The maximum Gasteiger partial charge on any atom is 0.143 e. The van der Waals surface area contributed by atoms with Crippen molar-refractivity contribution >= 4 is 5.69 Å². The van der Waals surface area contributed by atoms with Gasteiger partial charge >= 0.3 is 0 Å². The van der Waals surface area contributed by atoms with E-state index in [1.165, 1.54) is 31.4 Å². The van der Waals surface area contributed by atoms with Gasteiger partial charge in [0.2, 0.25) is 0 Å². The van der Waals surface area contributed by atoms with Crippen LogP contribution in [0.4, 0.5) is 10.1 Å². The average Bonchev–Trinajstić information content (AvgIpc) is 3.08. The molecule has 3 heteroatoms. The average molecular weight is 218 g/mol. The molecule has 0 radical (unpaired) electrons. The molecular weight excluding hydrogens is 203 g/mol. The van der Waals surface area contributed by atoms with Gasteiger partial charge in [0.15, 0.2) is 0 Å². The molecule has 1 aromatic rings. The highest BCUT2D eigenvalue weighted by molar-refractivity contribution is 5.47. The third-order valence-corrected chi connectivity index (χ3v) is 2.90. The van der Waals surface area contributed by atoms with Crippen LogP contribution in [0.5, 0.6) is 0 Å². The largest absolute Gasteiger partial charge is 0.385 e. The van der Waals surface area contributed by atoms with Crippen LogP contribution in [0.25, 0.3) is 0 Å². The maximum absolute atomic E-state index is 13.2. The van der Waals surface area contributed by atoms with E-state index in [1.54, 1.807) is 6.07 Å². The zero-order valence-corrected chi connectivity index (χ0v) is 9.17. The van der Waals surface area contributed by atoms with E-state index >= 15 is 0 Å².